The van der Waals surface area contributed by atoms with Gasteiger partial charge in [0, 0.05) is 26.4 Å². The Morgan fingerprint density at radius 3 is 2.28 bits per heavy atom. The first-order chi connectivity index (χ1) is 8.34. The molecule has 0 aromatic heterocycles. The number of sulfone groups is 1. The predicted octanol–water partition coefficient (Wildman–Crippen LogP) is 1.25. The van der Waals surface area contributed by atoms with Crippen LogP contribution in [-0.2, 0) is 16.4 Å². The van der Waals surface area contributed by atoms with Gasteiger partial charge in [-0.15, -0.1) is 0 Å². The SMILES string of the molecule is CCN(C)C(=O)NCc1ccc(S(C)(=O)=O)cc1. The maximum atomic E-state index is 11.5. The second-order valence-electron chi connectivity index (χ2n) is 4.09. The molecule has 1 N–H and O–H groups in total. The Morgan fingerprint density at radius 2 is 1.83 bits per heavy atom. The molecule has 0 aliphatic carbocycles. The molecule has 0 atom stereocenters. The lowest BCUT2D eigenvalue weighted by molar-refractivity contribution is 0.210. The highest BCUT2D eigenvalue weighted by Gasteiger charge is 2.07. The van der Waals surface area contributed by atoms with Crippen LogP contribution in [0.4, 0.5) is 4.79 Å². The van der Waals surface area contributed by atoms with Crippen molar-refractivity contribution in [2.75, 3.05) is 19.8 Å². The van der Waals surface area contributed by atoms with Gasteiger partial charge in [0.1, 0.15) is 0 Å². The molecule has 0 bridgehead atoms. The van der Waals surface area contributed by atoms with Gasteiger partial charge in [-0.1, -0.05) is 12.1 Å². The summed E-state index contributed by atoms with van der Waals surface area (Å²) in [6.45, 7) is 2.91. The standard InChI is InChI=1S/C12H18N2O3S/c1-4-14(2)12(15)13-9-10-5-7-11(8-6-10)18(3,16)17/h5-8H,4,9H2,1-3H3,(H,13,15). The van der Waals surface area contributed by atoms with Gasteiger partial charge in [-0.3, -0.25) is 0 Å². The number of rotatable bonds is 4. The second kappa shape index (κ2) is 5.86. The van der Waals surface area contributed by atoms with Gasteiger partial charge in [0.2, 0.25) is 0 Å². The molecule has 6 heteroatoms. The van der Waals surface area contributed by atoms with Gasteiger partial charge in [-0.05, 0) is 24.6 Å². The van der Waals surface area contributed by atoms with Crippen LogP contribution in [0.25, 0.3) is 0 Å². The van der Waals surface area contributed by atoms with E-state index in [0.717, 1.165) is 5.56 Å². The Hall–Kier alpha value is -1.56. The zero-order chi connectivity index (χ0) is 13.8. The summed E-state index contributed by atoms with van der Waals surface area (Å²) in [4.78, 5) is 13.3. The Morgan fingerprint density at radius 1 is 1.28 bits per heavy atom. The van der Waals surface area contributed by atoms with E-state index in [0.29, 0.717) is 13.1 Å². The van der Waals surface area contributed by atoms with Crippen molar-refractivity contribution in [2.45, 2.75) is 18.4 Å². The van der Waals surface area contributed by atoms with Crippen LogP contribution in [0.15, 0.2) is 29.2 Å². The van der Waals surface area contributed by atoms with Crippen molar-refractivity contribution >= 4 is 15.9 Å². The fourth-order valence-corrected chi connectivity index (χ4v) is 1.94. The van der Waals surface area contributed by atoms with Gasteiger partial charge in [0.25, 0.3) is 0 Å². The summed E-state index contributed by atoms with van der Waals surface area (Å²) in [6.07, 6.45) is 1.17. The lowest BCUT2D eigenvalue weighted by atomic mass is 10.2. The van der Waals surface area contributed by atoms with Gasteiger partial charge in [0.15, 0.2) is 9.84 Å². The molecular formula is C12H18N2O3S. The lowest BCUT2D eigenvalue weighted by Gasteiger charge is -2.15. The van der Waals surface area contributed by atoms with Gasteiger partial charge >= 0.3 is 6.03 Å². The predicted molar refractivity (Wildman–Crippen MR) is 70.1 cm³/mol. The minimum absolute atomic E-state index is 0.148. The zero-order valence-electron chi connectivity index (χ0n) is 10.8. The Kier molecular flexibility index (Phi) is 4.72. The maximum Gasteiger partial charge on any atom is 0.317 e. The molecule has 2 amide bonds. The van der Waals surface area contributed by atoms with E-state index in [9.17, 15) is 13.2 Å². The highest BCUT2D eigenvalue weighted by molar-refractivity contribution is 7.90. The van der Waals surface area contributed by atoms with E-state index in [1.54, 1.807) is 36.2 Å². The highest BCUT2D eigenvalue weighted by Crippen LogP contribution is 2.10. The molecule has 1 aromatic carbocycles. The number of hydrogen-bond acceptors (Lipinski definition) is 3. The molecule has 0 aliphatic heterocycles. The van der Waals surface area contributed by atoms with E-state index in [4.69, 9.17) is 0 Å². The van der Waals surface area contributed by atoms with Gasteiger partial charge in [-0.25, -0.2) is 13.2 Å². The van der Waals surface area contributed by atoms with Crippen LogP contribution < -0.4 is 5.32 Å². The summed E-state index contributed by atoms with van der Waals surface area (Å²) < 4.78 is 22.5. The number of amides is 2. The first-order valence-corrected chi connectivity index (χ1v) is 7.51. The largest absolute Gasteiger partial charge is 0.334 e. The number of nitrogens with zero attached hydrogens (tertiary/aromatic N) is 1. The van der Waals surface area contributed by atoms with Crippen LogP contribution in [-0.4, -0.2) is 39.2 Å². The molecule has 1 rings (SSSR count). The zero-order valence-corrected chi connectivity index (χ0v) is 11.6. The summed E-state index contributed by atoms with van der Waals surface area (Å²) in [5, 5.41) is 2.75. The van der Waals surface area contributed by atoms with Crippen molar-refractivity contribution in [1.29, 1.82) is 0 Å². The quantitative estimate of drug-likeness (QED) is 0.895. The Bertz CT molecular complexity index is 509. The molecule has 18 heavy (non-hydrogen) atoms. The van der Waals surface area contributed by atoms with E-state index >= 15 is 0 Å². The minimum Gasteiger partial charge on any atom is -0.334 e. The molecule has 1 aromatic rings. The lowest BCUT2D eigenvalue weighted by Crippen LogP contribution is -2.36. The molecule has 0 spiro atoms. The van der Waals surface area contributed by atoms with Crippen molar-refractivity contribution in [2.24, 2.45) is 0 Å². The number of nitrogens with one attached hydrogen (secondary N) is 1. The Labute approximate surface area is 108 Å². The molecule has 0 aliphatic rings. The fourth-order valence-electron chi connectivity index (χ4n) is 1.31. The summed E-state index contributed by atoms with van der Waals surface area (Å²) in [7, 11) is -1.45. The molecule has 0 unspecified atom stereocenters. The molecule has 5 nitrogen and oxygen atoms in total. The number of carbonyl (C=O) groups is 1. The van der Waals surface area contributed by atoms with Crippen LogP contribution in [0.5, 0.6) is 0 Å². The molecule has 0 saturated heterocycles. The van der Waals surface area contributed by atoms with Crippen LogP contribution in [0.3, 0.4) is 0 Å². The van der Waals surface area contributed by atoms with Crippen molar-refractivity contribution in [3.63, 3.8) is 0 Å². The van der Waals surface area contributed by atoms with E-state index in [1.165, 1.54) is 6.26 Å². The number of benzene rings is 1. The number of hydrogen-bond donors (Lipinski definition) is 1. The topological polar surface area (TPSA) is 66.5 Å². The van der Waals surface area contributed by atoms with E-state index in [2.05, 4.69) is 5.32 Å². The average Bonchev–Trinajstić information content (AvgIpc) is 2.34. The normalized spacial score (nSPS) is 11.1. The molecule has 0 radical (unpaired) electrons. The van der Waals surface area contributed by atoms with Crippen molar-refractivity contribution in [3.05, 3.63) is 29.8 Å². The van der Waals surface area contributed by atoms with Crippen LogP contribution in [0.2, 0.25) is 0 Å². The highest BCUT2D eigenvalue weighted by atomic mass is 32.2. The van der Waals surface area contributed by atoms with E-state index < -0.39 is 9.84 Å². The first kappa shape index (κ1) is 14.5. The minimum atomic E-state index is -3.16. The number of urea groups is 1. The maximum absolute atomic E-state index is 11.5. The number of carbonyl (C=O) groups excluding carboxylic acids is 1. The molecule has 0 heterocycles. The first-order valence-electron chi connectivity index (χ1n) is 5.62. The van der Waals surface area contributed by atoms with Crippen molar-refractivity contribution < 1.29 is 13.2 Å². The molecule has 100 valence electrons. The van der Waals surface area contributed by atoms with Crippen LogP contribution >= 0.6 is 0 Å². The molecule has 0 fully saturated rings. The van der Waals surface area contributed by atoms with Crippen LogP contribution in [0, 0.1) is 0 Å². The third-order valence-corrected chi connectivity index (χ3v) is 3.74. The van der Waals surface area contributed by atoms with Crippen molar-refractivity contribution in [1.82, 2.24) is 10.2 Å². The summed E-state index contributed by atoms with van der Waals surface area (Å²) in [6, 6.07) is 6.33. The van der Waals surface area contributed by atoms with Gasteiger partial charge in [0.05, 0.1) is 4.90 Å². The van der Waals surface area contributed by atoms with Crippen LogP contribution in [0.1, 0.15) is 12.5 Å². The summed E-state index contributed by atoms with van der Waals surface area (Å²) in [5.41, 5.74) is 0.861. The summed E-state index contributed by atoms with van der Waals surface area (Å²) in [5.74, 6) is 0. The van der Waals surface area contributed by atoms with E-state index in [-0.39, 0.29) is 10.9 Å². The van der Waals surface area contributed by atoms with Gasteiger partial charge < -0.3 is 10.2 Å². The third kappa shape index (κ3) is 4.03. The molecular weight excluding hydrogens is 252 g/mol. The third-order valence-electron chi connectivity index (χ3n) is 2.62. The van der Waals surface area contributed by atoms with Gasteiger partial charge in [-0.2, -0.15) is 0 Å². The van der Waals surface area contributed by atoms with Crippen molar-refractivity contribution in [3.8, 4) is 0 Å². The average molecular weight is 270 g/mol. The fraction of sp³-hybridized carbons (Fsp3) is 0.417. The molecule has 0 saturated carbocycles. The summed E-state index contributed by atoms with van der Waals surface area (Å²) >= 11 is 0. The Balaban J connectivity index is 2.63. The van der Waals surface area contributed by atoms with E-state index in [1.807, 2.05) is 6.92 Å². The smallest absolute Gasteiger partial charge is 0.317 e. The second-order valence-corrected chi connectivity index (χ2v) is 6.10. The monoisotopic (exact) mass is 270 g/mol.